The number of hydrogen-bond acceptors (Lipinski definition) is 4. The average molecular weight is 268 g/mol. The molecule has 1 aliphatic heterocycles. The summed E-state index contributed by atoms with van der Waals surface area (Å²) in [5.74, 6) is -0.0815. The second kappa shape index (κ2) is 5.80. The van der Waals surface area contributed by atoms with Crippen LogP contribution in [0.5, 0.6) is 0 Å². The highest BCUT2D eigenvalue weighted by molar-refractivity contribution is 7.11. The van der Waals surface area contributed by atoms with Crippen LogP contribution in [0.15, 0.2) is 6.20 Å². The molecule has 0 spiro atoms. The van der Waals surface area contributed by atoms with Crippen molar-refractivity contribution in [1.82, 2.24) is 9.88 Å². The van der Waals surface area contributed by atoms with E-state index in [4.69, 9.17) is 5.11 Å². The van der Waals surface area contributed by atoms with Crippen LogP contribution in [0.25, 0.3) is 0 Å². The van der Waals surface area contributed by atoms with E-state index in [1.165, 1.54) is 4.88 Å². The van der Waals surface area contributed by atoms with Gasteiger partial charge >= 0.3 is 5.97 Å². The third-order valence-corrected chi connectivity index (χ3v) is 4.20. The van der Waals surface area contributed by atoms with Gasteiger partial charge in [-0.1, -0.05) is 13.8 Å². The van der Waals surface area contributed by atoms with Gasteiger partial charge in [-0.2, -0.15) is 0 Å². The molecule has 0 radical (unpaired) electrons. The molecule has 1 N–H and O–H groups in total. The zero-order valence-corrected chi connectivity index (χ0v) is 11.7. The van der Waals surface area contributed by atoms with Gasteiger partial charge in [-0.15, -0.1) is 11.3 Å². The Kier molecular flexibility index (Phi) is 4.35. The van der Waals surface area contributed by atoms with Gasteiger partial charge in [0.05, 0.1) is 5.01 Å². The number of carboxylic acids is 1. The van der Waals surface area contributed by atoms with Crippen molar-refractivity contribution in [2.75, 3.05) is 6.54 Å². The van der Waals surface area contributed by atoms with Crippen molar-refractivity contribution in [3.05, 3.63) is 16.1 Å². The fraction of sp³-hybridized carbons (Fsp3) is 0.692. The summed E-state index contributed by atoms with van der Waals surface area (Å²) in [7, 11) is 0. The molecule has 2 rings (SSSR count). The lowest BCUT2D eigenvalue weighted by atomic mass is 10.1. The molecule has 0 aliphatic carbocycles. The molecule has 0 bridgehead atoms. The lowest BCUT2D eigenvalue weighted by Gasteiger charge is -2.19. The van der Waals surface area contributed by atoms with Crippen LogP contribution in [-0.2, 0) is 17.8 Å². The molecule has 1 atom stereocenters. The minimum atomic E-state index is -0.695. The van der Waals surface area contributed by atoms with Crippen LogP contribution in [0.4, 0.5) is 0 Å². The van der Waals surface area contributed by atoms with E-state index in [2.05, 4.69) is 23.7 Å². The van der Waals surface area contributed by atoms with Gasteiger partial charge in [0.15, 0.2) is 0 Å². The third-order valence-electron chi connectivity index (χ3n) is 3.19. The van der Waals surface area contributed by atoms with Gasteiger partial charge in [-0.3, -0.25) is 9.69 Å². The quantitative estimate of drug-likeness (QED) is 0.891. The normalized spacial score (nSPS) is 20.7. The Morgan fingerprint density at radius 3 is 3.11 bits per heavy atom. The van der Waals surface area contributed by atoms with Crippen LogP contribution in [0.3, 0.4) is 0 Å². The van der Waals surface area contributed by atoms with Crippen molar-refractivity contribution in [3.63, 3.8) is 0 Å². The molecular formula is C13H20N2O2S. The van der Waals surface area contributed by atoms with Gasteiger partial charge in [-0.25, -0.2) is 4.98 Å². The molecule has 18 heavy (non-hydrogen) atoms. The summed E-state index contributed by atoms with van der Waals surface area (Å²) < 4.78 is 0. The first-order valence-corrected chi connectivity index (χ1v) is 7.28. The molecule has 2 heterocycles. The molecule has 4 nitrogen and oxygen atoms in total. The first-order chi connectivity index (χ1) is 8.56. The number of aromatic nitrogens is 1. The molecule has 0 saturated carbocycles. The Bertz CT molecular complexity index is 417. The maximum absolute atomic E-state index is 11.1. The Morgan fingerprint density at radius 1 is 1.67 bits per heavy atom. The summed E-state index contributed by atoms with van der Waals surface area (Å²) in [6.45, 7) is 5.98. The highest BCUT2D eigenvalue weighted by Gasteiger charge is 2.30. The highest BCUT2D eigenvalue weighted by Crippen LogP contribution is 2.23. The molecule has 1 aromatic heterocycles. The summed E-state index contributed by atoms with van der Waals surface area (Å²) in [5, 5.41) is 10.3. The van der Waals surface area contributed by atoms with Crippen molar-refractivity contribution in [2.24, 2.45) is 5.92 Å². The van der Waals surface area contributed by atoms with Crippen molar-refractivity contribution >= 4 is 17.3 Å². The van der Waals surface area contributed by atoms with E-state index in [1.807, 2.05) is 6.20 Å². The van der Waals surface area contributed by atoms with E-state index in [9.17, 15) is 4.79 Å². The van der Waals surface area contributed by atoms with E-state index in [-0.39, 0.29) is 6.04 Å². The van der Waals surface area contributed by atoms with Crippen molar-refractivity contribution in [2.45, 2.75) is 45.7 Å². The minimum absolute atomic E-state index is 0.305. The van der Waals surface area contributed by atoms with Gasteiger partial charge in [-0.05, 0) is 25.3 Å². The Labute approximate surface area is 112 Å². The Morgan fingerprint density at radius 2 is 2.44 bits per heavy atom. The highest BCUT2D eigenvalue weighted by atomic mass is 32.1. The number of likely N-dealkylation sites (tertiary alicyclic amines) is 1. The smallest absolute Gasteiger partial charge is 0.320 e. The van der Waals surface area contributed by atoms with E-state index in [0.717, 1.165) is 37.4 Å². The van der Waals surface area contributed by atoms with E-state index in [1.54, 1.807) is 11.3 Å². The zero-order valence-electron chi connectivity index (χ0n) is 10.9. The summed E-state index contributed by atoms with van der Waals surface area (Å²) in [5.41, 5.74) is 0. The molecule has 1 fully saturated rings. The Balaban J connectivity index is 1.96. The van der Waals surface area contributed by atoms with Gasteiger partial charge < -0.3 is 5.11 Å². The predicted octanol–water partition coefficient (Wildman–Crippen LogP) is 2.39. The molecule has 0 aromatic carbocycles. The first-order valence-electron chi connectivity index (χ1n) is 6.46. The zero-order chi connectivity index (χ0) is 13.1. The number of carboxylic acid groups (broad SMARTS) is 1. The van der Waals surface area contributed by atoms with E-state index in [0.29, 0.717) is 5.92 Å². The predicted molar refractivity (Wildman–Crippen MR) is 71.7 cm³/mol. The van der Waals surface area contributed by atoms with Crippen LogP contribution < -0.4 is 0 Å². The van der Waals surface area contributed by atoms with Crippen LogP contribution >= 0.6 is 11.3 Å². The molecule has 1 aromatic rings. The minimum Gasteiger partial charge on any atom is -0.480 e. The lowest BCUT2D eigenvalue weighted by Crippen LogP contribution is -2.35. The first kappa shape index (κ1) is 13.5. The number of rotatable bonds is 5. The van der Waals surface area contributed by atoms with Gasteiger partial charge in [0.1, 0.15) is 6.04 Å². The summed E-state index contributed by atoms with van der Waals surface area (Å²) in [6, 6.07) is -0.305. The largest absolute Gasteiger partial charge is 0.480 e. The SMILES string of the molecule is CC(C)Cc1ncc(CN2CCC[C@@H]2C(=O)O)s1. The van der Waals surface area contributed by atoms with Crippen molar-refractivity contribution < 1.29 is 9.90 Å². The molecule has 0 amide bonds. The standard InChI is InChI=1S/C13H20N2O2S/c1-9(2)6-12-14-7-10(18-12)8-15-5-3-4-11(15)13(16)17/h7,9,11H,3-6,8H2,1-2H3,(H,16,17)/t11-/m1/s1. The molecular weight excluding hydrogens is 248 g/mol. The fourth-order valence-electron chi connectivity index (χ4n) is 2.36. The molecule has 100 valence electrons. The maximum atomic E-state index is 11.1. The molecule has 1 saturated heterocycles. The van der Waals surface area contributed by atoms with E-state index >= 15 is 0 Å². The molecule has 0 unspecified atom stereocenters. The number of hydrogen-bond donors (Lipinski definition) is 1. The average Bonchev–Trinajstić information content (AvgIpc) is 2.87. The van der Waals surface area contributed by atoms with E-state index < -0.39 is 5.97 Å². The summed E-state index contributed by atoms with van der Waals surface area (Å²) in [6.07, 6.45) is 4.66. The second-order valence-electron chi connectivity index (χ2n) is 5.29. The van der Waals surface area contributed by atoms with Crippen molar-refractivity contribution in [1.29, 1.82) is 0 Å². The van der Waals surface area contributed by atoms with Gasteiger partial charge in [0, 0.05) is 24.0 Å². The lowest BCUT2D eigenvalue weighted by molar-refractivity contribution is -0.142. The summed E-state index contributed by atoms with van der Waals surface area (Å²) in [4.78, 5) is 18.7. The monoisotopic (exact) mass is 268 g/mol. The van der Waals surface area contributed by atoms with Gasteiger partial charge in [0.25, 0.3) is 0 Å². The third kappa shape index (κ3) is 3.29. The molecule has 1 aliphatic rings. The second-order valence-corrected chi connectivity index (χ2v) is 6.48. The topological polar surface area (TPSA) is 53.4 Å². The molecule has 5 heteroatoms. The van der Waals surface area contributed by atoms with Gasteiger partial charge in [0.2, 0.25) is 0 Å². The van der Waals surface area contributed by atoms with Crippen LogP contribution in [-0.4, -0.2) is 33.5 Å². The van der Waals surface area contributed by atoms with Crippen LogP contribution in [0, 0.1) is 5.92 Å². The van der Waals surface area contributed by atoms with Crippen LogP contribution in [0.1, 0.15) is 36.6 Å². The number of nitrogens with zero attached hydrogens (tertiary/aromatic N) is 2. The number of aliphatic carboxylic acids is 1. The van der Waals surface area contributed by atoms with Crippen molar-refractivity contribution in [3.8, 4) is 0 Å². The summed E-state index contributed by atoms with van der Waals surface area (Å²) >= 11 is 1.72. The fourth-order valence-corrected chi connectivity index (χ4v) is 3.52. The number of carbonyl (C=O) groups is 1. The Hall–Kier alpha value is -0.940. The number of thiazole rings is 1. The van der Waals surface area contributed by atoms with Crippen LogP contribution in [0.2, 0.25) is 0 Å². The maximum Gasteiger partial charge on any atom is 0.320 e.